The van der Waals surface area contributed by atoms with E-state index in [0.717, 1.165) is 24.8 Å². The van der Waals surface area contributed by atoms with Crippen LogP contribution in [0, 0.1) is 11.7 Å². The average Bonchev–Trinajstić information content (AvgIpc) is 2.37. The Kier molecular flexibility index (Phi) is 4.58. The highest BCUT2D eigenvalue weighted by atomic mass is 32.2. The van der Waals surface area contributed by atoms with Gasteiger partial charge in [-0.15, -0.1) is 0 Å². The molecule has 5 heteroatoms. The Morgan fingerprint density at radius 1 is 1.37 bits per heavy atom. The molecule has 2 rings (SSSR count). The molecule has 3 nitrogen and oxygen atoms in total. The Morgan fingerprint density at radius 2 is 2.11 bits per heavy atom. The first-order valence-electron chi connectivity index (χ1n) is 6.65. The summed E-state index contributed by atoms with van der Waals surface area (Å²) < 4.78 is 38.1. The van der Waals surface area contributed by atoms with Gasteiger partial charge in [0, 0.05) is 13.1 Å². The number of sulfonamides is 1. The monoisotopic (exact) mass is 285 g/mol. The highest BCUT2D eigenvalue weighted by molar-refractivity contribution is 7.88. The second-order valence-electron chi connectivity index (χ2n) is 5.26. The summed E-state index contributed by atoms with van der Waals surface area (Å²) in [4.78, 5) is 0. The van der Waals surface area contributed by atoms with Crippen LogP contribution in [0.15, 0.2) is 24.3 Å². The van der Waals surface area contributed by atoms with Crippen molar-refractivity contribution in [2.24, 2.45) is 5.92 Å². The molecule has 1 fully saturated rings. The van der Waals surface area contributed by atoms with Crippen LogP contribution in [-0.4, -0.2) is 32.1 Å². The molecule has 19 heavy (non-hydrogen) atoms. The highest BCUT2D eigenvalue weighted by Crippen LogP contribution is 2.23. The van der Waals surface area contributed by atoms with E-state index in [4.69, 9.17) is 0 Å². The van der Waals surface area contributed by atoms with Crippen molar-refractivity contribution in [3.05, 3.63) is 35.6 Å². The third kappa shape index (κ3) is 4.01. The van der Waals surface area contributed by atoms with Crippen LogP contribution in [0.2, 0.25) is 0 Å². The molecule has 0 radical (unpaired) electrons. The maximum atomic E-state index is 13.5. The number of piperidine rings is 1. The third-order valence-corrected chi connectivity index (χ3v) is 5.00. The van der Waals surface area contributed by atoms with Crippen molar-refractivity contribution >= 4 is 10.0 Å². The summed E-state index contributed by atoms with van der Waals surface area (Å²) in [6.45, 7) is 1.20. The number of hydrogen-bond acceptors (Lipinski definition) is 2. The molecule has 0 saturated carbocycles. The summed E-state index contributed by atoms with van der Waals surface area (Å²) in [5.41, 5.74) is 0.721. The number of aryl methyl sites for hydroxylation is 1. The minimum absolute atomic E-state index is 0.168. The molecule has 1 aromatic rings. The normalized spacial score (nSPS) is 21.5. The molecule has 1 atom stereocenters. The minimum Gasteiger partial charge on any atom is -0.213 e. The van der Waals surface area contributed by atoms with Gasteiger partial charge in [0.25, 0.3) is 0 Å². The van der Waals surface area contributed by atoms with E-state index in [0.29, 0.717) is 25.4 Å². The molecule has 1 aliphatic rings. The van der Waals surface area contributed by atoms with Gasteiger partial charge in [-0.25, -0.2) is 17.1 Å². The Hall–Kier alpha value is -0.940. The number of hydrogen-bond donors (Lipinski definition) is 0. The molecular formula is C14H20FNO2S. The van der Waals surface area contributed by atoms with E-state index in [1.807, 2.05) is 6.07 Å². The lowest BCUT2D eigenvalue weighted by molar-refractivity contribution is 0.257. The van der Waals surface area contributed by atoms with E-state index in [1.165, 1.54) is 12.3 Å². The fourth-order valence-corrected chi connectivity index (χ4v) is 3.57. The molecule has 0 spiro atoms. The van der Waals surface area contributed by atoms with E-state index in [1.54, 1.807) is 16.4 Å². The van der Waals surface area contributed by atoms with Gasteiger partial charge in [-0.05, 0) is 43.2 Å². The molecule has 0 unspecified atom stereocenters. The molecular weight excluding hydrogens is 265 g/mol. The van der Waals surface area contributed by atoms with Gasteiger partial charge in [-0.2, -0.15) is 0 Å². The number of benzene rings is 1. The second-order valence-corrected chi connectivity index (χ2v) is 7.24. The van der Waals surface area contributed by atoms with Crippen LogP contribution in [-0.2, 0) is 16.4 Å². The maximum absolute atomic E-state index is 13.5. The number of rotatable bonds is 4. The average molecular weight is 285 g/mol. The third-order valence-electron chi connectivity index (χ3n) is 3.73. The summed E-state index contributed by atoms with van der Waals surface area (Å²) in [6, 6.07) is 6.79. The van der Waals surface area contributed by atoms with Crippen LogP contribution in [0.4, 0.5) is 4.39 Å². The van der Waals surface area contributed by atoms with Crippen molar-refractivity contribution in [2.75, 3.05) is 19.3 Å². The summed E-state index contributed by atoms with van der Waals surface area (Å²) in [6.07, 6.45) is 4.70. The summed E-state index contributed by atoms with van der Waals surface area (Å²) in [5.74, 6) is 0.168. The molecule has 0 aromatic heterocycles. The van der Waals surface area contributed by atoms with Gasteiger partial charge >= 0.3 is 0 Å². The first kappa shape index (κ1) is 14.5. The summed E-state index contributed by atoms with van der Waals surface area (Å²) in [5, 5.41) is 0. The second kappa shape index (κ2) is 6.01. The van der Waals surface area contributed by atoms with Crippen LogP contribution in [0.5, 0.6) is 0 Å². The SMILES string of the molecule is CS(=O)(=O)N1CCC[C@@H](CCc2ccccc2F)C1. The Morgan fingerprint density at radius 3 is 2.79 bits per heavy atom. The predicted molar refractivity (Wildman–Crippen MR) is 73.9 cm³/mol. The number of nitrogens with zero attached hydrogens (tertiary/aromatic N) is 1. The minimum atomic E-state index is -3.09. The smallest absolute Gasteiger partial charge is 0.211 e. The van der Waals surface area contributed by atoms with Gasteiger partial charge in [0.1, 0.15) is 5.82 Å². The van der Waals surface area contributed by atoms with Crippen LogP contribution in [0.1, 0.15) is 24.8 Å². The molecule has 0 amide bonds. The van der Waals surface area contributed by atoms with Crippen LogP contribution in [0.3, 0.4) is 0 Å². The van der Waals surface area contributed by atoms with E-state index in [2.05, 4.69) is 0 Å². The van der Waals surface area contributed by atoms with Crippen molar-refractivity contribution < 1.29 is 12.8 Å². The standard InChI is InChI=1S/C14H20FNO2S/c1-19(17,18)16-10-4-5-12(11-16)8-9-13-6-2-3-7-14(13)15/h2-3,6-7,12H,4-5,8-11H2,1H3/t12-/m0/s1. The van der Waals surface area contributed by atoms with Gasteiger partial charge in [0.15, 0.2) is 0 Å². The van der Waals surface area contributed by atoms with Crippen molar-refractivity contribution in [2.45, 2.75) is 25.7 Å². The fourth-order valence-electron chi connectivity index (χ4n) is 2.62. The highest BCUT2D eigenvalue weighted by Gasteiger charge is 2.25. The largest absolute Gasteiger partial charge is 0.213 e. The van der Waals surface area contributed by atoms with Gasteiger partial charge in [0.05, 0.1) is 6.26 Å². The number of halogens is 1. The molecule has 1 heterocycles. The molecule has 1 saturated heterocycles. The zero-order valence-corrected chi connectivity index (χ0v) is 12.0. The van der Waals surface area contributed by atoms with Crippen LogP contribution < -0.4 is 0 Å². The van der Waals surface area contributed by atoms with Gasteiger partial charge in [-0.3, -0.25) is 0 Å². The van der Waals surface area contributed by atoms with E-state index in [9.17, 15) is 12.8 Å². The molecule has 0 bridgehead atoms. The van der Waals surface area contributed by atoms with Gasteiger partial charge < -0.3 is 0 Å². The first-order valence-corrected chi connectivity index (χ1v) is 8.50. The lowest BCUT2D eigenvalue weighted by atomic mass is 9.92. The summed E-state index contributed by atoms with van der Waals surface area (Å²) in [7, 11) is -3.09. The first-order chi connectivity index (χ1) is 8.97. The van der Waals surface area contributed by atoms with Crippen LogP contribution in [0.25, 0.3) is 0 Å². The molecule has 0 N–H and O–H groups in total. The van der Waals surface area contributed by atoms with E-state index < -0.39 is 10.0 Å². The molecule has 0 aliphatic carbocycles. The zero-order valence-electron chi connectivity index (χ0n) is 11.2. The van der Waals surface area contributed by atoms with E-state index >= 15 is 0 Å². The van der Waals surface area contributed by atoms with Crippen molar-refractivity contribution in [3.8, 4) is 0 Å². The Balaban J connectivity index is 1.92. The van der Waals surface area contributed by atoms with Gasteiger partial charge in [-0.1, -0.05) is 18.2 Å². The Bertz CT molecular complexity index is 530. The van der Waals surface area contributed by atoms with E-state index in [-0.39, 0.29) is 5.82 Å². The van der Waals surface area contributed by atoms with Crippen LogP contribution >= 0.6 is 0 Å². The lowest BCUT2D eigenvalue weighted by Gasteiger charge is -2.31. The topological polar surface area (TPSA) is 37.4 Å². The molecule has 1 aromatic carbocycles. The zero-order chi connectivity index (χ0) is 13.9. The molecule has 106 valence electrons. The van der Waals surface area contributed by atoms with Crippen molar-refractivity contribution in [1.29, 1.82) is 0 Å². The Labute approximate surface area is 114 Å². The van der Waals surface area contributed by atoms with Crippen molar-refractivity contribution in [3.63, 3.8) is 0 Å². The van der Waals surface area contributed by atoms with Gasteiger partial charge in [0.2, 0.25) is 10.0 Å². The predicted octanol–water partition coefficient (Wildman–Crippen LogP) is 2.43. The lowest BCUT2D eigenvalue weighted by Crippen LogP contribution is -2.39. The maximum Gasteiger partial charge on any atom is 0.211 e. The quantitative estimate of drug-likeness (QED) is 0.852. The summed E-state index contributed by atoms with van der Waals surface area (Å²) >= 11 is 0. The molecule has 1 aliphatic heterocycles. The van der Waals surface area contributed by atoms with Crippen molar-refractivity contribution in [1.82, 2.24) is 4.31 Å². The fraction of sp³-hybridized carbons (Fsp3) is 0.571.